The summed E-state index contributed by atoms with van der Waals surface area (Å²) >= 11 is 1.61. The smallest absolute Gasteiger partial charge is 0.220 e. The molecule has 0 radical (unpaired) electrons. The molecule has 0 atom stereocenters. The molecule has 3 aromatic rings. The Kier molecular flexibility index (Phi) is 5.42. The van der Waals surface area contributed by atoms with E-state index in [4.69, 9.17) is 9.15 Å². The standard InChI is InChI=1S/C20H21NO4S/c1-21-18(23)9-5-12-4-8-16-14(10-12)20(26-3)19(25-16)13-6-7-15(22)17(11-13)24-2/h4,6-8,10-11,22H,5,9H2,1-3H3,(H,21,23). The van der Waals surface area contributed by atoms with Gasteiger partial charge in [-0.3, -0.25) is 4.79 Å². The Morgan fingerprint density at radius 2 is 2.08 bits per heavy atom. The molecule has 0 spiro atoms. The zero-order chi connectivity index (χ0) is 18.7. The second kappa shape index (κ2) is 7.74. The Balaban J connectivity index is 2.03. The first-order valence-electron chi connectivity index (χ1n) is 8.24. The molecule has 0 aliphatic carbocycles. The van der Waals surface area contributed by atoms with Gasteiger partial charge in [-0.2, -0.15) is 0 Å². The average Bonchev–Trinajstić information content (AvgIpc) is 3.04. The van der Waals surface area contributed by atoms with E-state index in [0.29, 0.717) is 18.6 Å². The summed E-state index contributed by atoms with van der Waals surface area (Å²) in [6, 6.07) is 11.2. The van der Waals surface area contributed by atoms with Crippen LogP contribution in [0.15, 0.2) is 45.7 Å². The number of hydrogen-bond acceptors (Lipinski definition) is 5. The van der Waals surface area contributed by atoms with E-state index in [-0.39, 0.29) is 11.7 Å². The van der Waals surface area contributed by atoms with Gasteiger partial charge < -0.3 is 19.6 Å². The molecule has 1 aromatic heterocycles. The largest absolute Gasteiger partial charge is 0.504 e. The van der Waals surface area contributed by atoms with Crippen LogP contribution >= 0.6 is 11.8 Å². The maximum Gasteiger partial charge on any atom is 0.220 e. The first-order chi connectivity index (χ1) is 12.6. The van der Waals surface area contributed by atoms with E-state index in [2.05, 4.69) is 11.4 Å². The number of rotatable bonds is 6. The number of hydrogen-bond donors (Lipinski definition) is 2. The van der Waals surface area contributed by atoms with Gasteiger partial charge in [0.05, 0.1) is 12.0 Å². The van der Waals surface area contributed by atoms with E-state index in [1.165, 1.54) is 7.11 Å². The predicted molar refractivity (Wildman–Crippen MR) is 104 cm³/mol. The summed E-state index contributed by atoms with van der Waals surface area (Å²) < 4.78 is 11.3. The van der Waals surface area contributed by atoms with E-state index in [0.717, 1.165) is 32.8 Å². The monoisotopic (exact) mass is 371 g/mol. The van der Waals surface area contributed by atoms with Crippen LogP contribution in [-0.4, -0.2) is 31.4 Å². The number of phenolic OH excluding ortho intramolecular Hbond substituents is 1. The highest BCUT2D eigenvalue weighted by atomic mass is 32.2. The van der Waals surface area contributed by atoms with Crippen molar-refractivity contribution in [2.45, 2.75) is 17.7 Å². The summed E-state index contributed by atoms with van der Waals surface area (Å²) in [7, 11) is 3.16. The van der Waals surface area contributed by atoms with Crippen molar-refractivity contribution in [1.82, 2.24) is 5.32 Å². The van der Waals surface area contributed by atoms with Gasteiger partial charge >= 0.3 is 0 Å². The van der Waals surface area contributed by atoms with Gasteiger partial charge in [0.2, 0.25) is 5.91 Å². The van der Waals surface area contributed by atoms with Gasteiger partial charge in [0.25, 0.3) is 0 Å². The zero-order valence-electron chi connectivity index (χ0n) is 15.0. The maximum absolute atomic E-state index is 11.5. The molecule has 0 bridgehead atoms. The summed E-state index contributed by atoms with van der Waals surface area (Å²) in [5.41, 5.74) is 2.72. The number of aryl methyl sites for hydroxylation is 1. The second-order valence-corrected chi connectivity index (χ2v) is 6.67. The number of phenols is 1. The molecular weight excluding hydrogens is 350 g/mol. The van der Waals surface area contributed by atoms with Gasteiger partial charge in [-0.15, -0.1) is 11.8 Å². The lowest BCUT2D eigenvalue weighted by molar-refractivity contribution is -0.120. The number of carbonyl (C=O) groups is 1. The molecule has 136 valence electrons. The summed E-state index contributed by atoms with van der Waals surface area (Å²) in [5.74, 6) is 1.27. The molecule has 1 amide bonds. The van der Waals surface area contributed by atoms with Gasteiger partial charge in [0.1, 0.15) is 11.3 Å². The molecule has 0 saturated heterocycles. The van der Waals surface area contributed by atoms with E-state index < -0.39 is 0 Å². The molecule has 5 nitrogen and oxygen atoms in total. The summed E-state index contributed by atoms with van der Waals surface area (Å²) in [6.07, 6.45) is 3.14. The summed E-state index contributed by atoms with van der Waals surface area (Å²) in [5, 5.41) is 13.5. The van der Waals surface area contributed by atoms with Crippen LogP contribution in [0.25, 0.3) is 22.3 Å². The van der Waals surface area contributed by atoms with E-state index in [1.54, 1.807) is 30.9 Å². The Bertz CT molecular complexity index is 948. The Morgan fingerprint density at radius 1 is 1.27 bits per heavy atom. The molecule has 1 heterocycles. The third-order valence-electron chi connectivity index (χ3n) is 4.27. The van der Waals surface area contributed by atoms with Gasteiger partial charge in [0.15, 0.2) is 11.5 Å². The molecule has 0 aliphatic rings. The minimum absolute atomic E-state index is 0.0271. The van der Waals surface area contributed by atoms with E-state index in [9.17, 15) is 9.90 Å². The molecule has 0 saturated carbocycles. The van der Waals surface area contributed by atoms with Crippen molar-refractivity contribution in [2.75, 3.05) is 20.4 Å². The van der Waals surface area contributed by atoms with Crippen LogP contribution < -0.4 is 10.1 Å². The Labute approximate surface area is 156 Å². The van der Waals surface area contributed by atoms with Gasteiger partial charge in [-0.1, -0.05) is 6.07 Å². The number of carbonyl (C=O) groups excluding carboxylic acids is 1. The maximum atomic E-state index is 11.5. The average molecular weight is 371 g/mol. The SMILES string of the molecule is CNC(=O)CCc1ccc2oc(-c3ccc(O)c(OC)c3)c(SC)c2c1. The van der Waals surface area contributed by atoms with Crippen molar-refractivity contribution in [3.05, 3.63) is 42.0 Å². The minimum Gasteiger partial charge on any atom is -0.504 e. The predicted octanol–water partition coefficient (Wildman–Crippen LogP) is 4.21. The van der Waals surface area contributed by atoms with Crippen molar-refractivity contribution in [3.8, 4) is 22.8 Å². The normalized spacial score (nSPS) is 10.9. The number of benzene rings is 2. The Hall–Kier alpha value is -2.60. The fourth-order valence-electron chi connectivity index (χ4n) is 2.87. The molecular formula is C20H21NO4S. The van der Waals surface area contributed by atoms with E-state index in [1.807, 2.05) is 24.5 Å². The number of furan rings is 1. The topological polar surface area (TPSA) is 71.7 Å². The fraction of sp³-hybridized carbons (Fsp3) is 0.250. The second-order valence-electron chi connectivity index (χ2n) is 5.85. The van der Waals surface area contributed by atoms with Crippen molar-refractivity contribution in [1.29, 1.82) is 0 Å². The molecule has 2 aromatic carbocycles. The van der Waals surface area contributed by atoms with Crippen LogP contribution in [0.1, 0.15) is 12.0 Å². The lowest BCUT2D eigenvalue weighted by atomic mass is 10.1. The van der Waals surface area contributed by atoms with Crippen molar-refractivity contribution >= 4 is 28.6 Å². The molecule has 0 unspecified atom stereocenters. The summed E-state index contributed by atoms with van der Waals surface area (Å²) in [4.78, 5) is 12.5. The number of ether oxygens (including phenoxy) is 1. The molecule has 0 aliphatic heterocycles. The van der Waals surface area contributed by atoms with Crippen LogP contribution in [0.3, 0.4) is 0 Å². The van der Waals surface area contributed by atoms with E-state index >= 15 is 0 Å². The molecule has 2 N–H and O–H groups in total. The third-order valence-corrected chi connectivity index (χ3v) is 5.09. The zero-order valence-corrected chi connectivity index (χ0v) is 15.8. The molecule has 26 heavy (non-hydrogen) atoms. The lowest BCUT2D eigenvalue weighted by Gasteiger charge is -2.06. The van der Waals surface area contributed by atoms with Crippen molar-refractivity contribution in [2.24, 2.45) is 0 Å². The third kappa shape index (κ3) is 3.51. The van der Waals surface area contributed by atoms with Crippen LogP contribution in [0.5, 0.6) is 11.5 Å². The van der Waals surface area contributed by atoms with Crippen molar-refractivity contribution in [3.63, 3.8) is 0 Å². The molecule has 3 rings (SSSR count). The van der Waals surface area contributed by atoms with Gasteiger partial charge in [-0.05, 0) is 48.6 Å². The van der Waals surface area contributed by atoms with Gasteiger partial charge in [0, 0.05) is 24.4 Å². The first-order valence-corrected chi connectivity index (χ1v) is 9.47. The summed E-state index contributed by atoms with van der Waals surface area (Å²) in [6.45, 7) is 0. The number of methoxy groups -OCH3 is 1. The fourth-order valence-corrected chi connectivity index (χ4v) is 3.60. The van der Waals surface area contributed by atoms with Gasteiger partial charge in [-0.25, -0.2) is 0 Å². The number of nitrogens with one attached hydrogen (secondary N) is 1. The number of fused-ring (bicyclic) bond motifs is 1. The van der Waals surface area contributed by atoms with Crippen LogP contribution in [0, 0.1) is 0 Å². The lowest BCUT2D eigenvalue weighted by Crippen LogP contribution is -2.17. The highest BCUT2D eigenvalue weighted by Gasteiger charge is 2.17. The highest BCUT2D eigenvalue weighted by Crippen LogP contribution is 2.41. The quantitative estimate of drug-likeness (QED) is 0.635. The van der Waals surface area contributed by atoms with Crippen molar-refractivity contribution < 1.29 is 19.1 Å². The number of amides is 1. The van der Waals surface area contributed by atoms with Crippen LogP contribution in [0.4, 0.5) is 0 Å². The van der Waals surface area contributed by atoms with Crippen LogP contribution in [-0.2, 0) is 11.2 Å². The Morgan fingerprint density at radius 3 is 2.77 bits per heavy atom. The number of thioether (sulfide) groups is 1. The highest BCUT2D eigenvalue weighted by molar-refractivity contribution is 7.99. The minimum atomic E-state index is 0.0271. The number of aromatic hydroxyl groups is 1. The molecule has 0 fully saturated rings. The molecule has 6 heteroatoms. The first kappa shape index (κ1) is 18.2. The van der Waals surface area contributed by atoms with Crippen LogP contribution in [0.2, 0.25) is 0 Å².